The minimum absolute atomic E-state index is 0.388. The van der Waals surface area contributed by atoms with Gasteiger partial charge >= 0.3 is 5.97 Å². The molecule has 0 saturated heterocycles. The smallest absolute Gasteiger partial charge is 0.306 e. The molecule has 0 fully saturated rings. The second kappa shape index (κ2) is 8.90. The largest absolute Gasteiger partial charge is 0.489 e. The number of nitrogens with zero attached hydrogens (tertiary/aromatic N) is 1. The average Bonchev–Trinajstić information content (AvgIpc) is 2.55. The minimum atomic E-state index is -0.776. The highest BCUT2D eigenvalue weighted by Gasteiger charge is 2.12. The number of pyridine rings is 1. The summed E-state index contributed by atoms with van der Waals surface area (Å²) in [6.45, 7) is 8.50. The minimum Gasteiger partial charge on any atom is -0.489 e. The topological polar surface area (TPSA) is 59.4 Å². The lowest BCUT2D eigenvalue weighted by molar-refractivity contribution is -0.141. The first-order valence-electron chi connectivity index (χ1n) is 8.42. The molecule has 1 heterocycles. The number of hydrogen-bond acceptors (Lipinski definition) is 4. The standard InChI is InChI=1S/C20H25NO3S/c1-13(2)25-19-17(9-14(3)11-21-19)12-24-18-7-5-16(6-8-18)10-15(4)20(22)23/h5-9,11,13,15H,10,12H2,1-4H3,(H,22,23). The van der Waals surface area contributed by atoms with Crippen molar-refractivity contribution >= 4 is 17.7 Å². The number of benzene rings is 1. The zero-order valence-corrected chi connectivity index (χ0v) is 16.0. The van der Waals surface area contributed by atoms with Crippen LogP contribution in [0, 0.1) is 12.8 Å². The number of hydrogen-bond donors (Lipinski definition) is 1. The summed E-state index contributed by atoms with van der Waals surface area (Å²) >= 11 is 1.73. The predicted molar refractivity (Wildman–Crippen MR) is 101 cm³/mol. The third kappa shape index (κ3) is 6.09. The molecule has 0 amide bonds. The molecule has 0 bridgehead atoms. The Bertz CT molecular complexity index is 713. The SMILES string of the molecule is Cc1cnc(SC(C)C)c(COc2ccc(CC(C)C(=O)O)cc2)c1. The number of ether oxygens (including phenoxy) is 1. The molecule has 1 atom stereocenters. The Kier molecular flexibility index (Phi) is 6.88. The average molecular weight is 359 g/mol. The van der Waals surface area contributed by atoms with Crippen molar-refractivity contribution in [2.75, 3.05) is 0 Å². The van der Waals surface area contributed by atoms with Gasteiger partial charge in [0.25, 0.3) is 0 Å². The van der Waals surface area contributed by atoms with E-state index in [1.807, 2.05) is 37.4 Å². The Morgan fingerprint density at radius 2 is 1.92 bits per heavy atom. The Balaban J connectivity index is 2.01. The van der Waals surface area contributed by atoms with Crippen molar-refractivity contribution in [2.45, 2.75) is 51.0 Å². The zero-order chi connectivity index (χ0) is 18.4. The van der Waals surface area contributed by atoms with Crippen LogP contribution in [-0.2, 0) is 17.8 Å². The van der Waals surface area contributed by atoms with Gasteiger partial charge in [0.15, 0.2) is 0 Å². The molecule has 1 N–H and O–H groups in total. The van der Waals surface area contributed by atoms with Crippen LogP contribution in [0.2, 0.25) is 0 Å². The summed E-state index contributed by atoms with van der Waals surface area (Å²) in [4.78, 5) is 15.5. The highest BCUT2D eigenvalue weighted by Crippen LogP contribution is 2.26. The van der Waals surface area contributed by atoms with E-state index in [0.717, 1.165) is 27.5 Å². The van der Waals surface area contributed by atoms with Crippen LogP contribution < -0.4 is 4.74 Å². The first kappa shape index (κ1) is 19.3. The Hall–Kier alpha value is -2.01. The third-order valence-electron chi connectivity index (χ3n) is 3.69. The highest BCUT2D eigenvalue weighted by atomic mass is 32.2. The number of carboxylic acids is 1. The van der Waals surface area contributed by atoms with Crippen molar-refractivity contribution in [2.24, 2.45) is 5.92 Å². The number of aryl methyl sites for hydroxylation is 1. The molecule has 2 aromatic rings. The monoisotopic (exact) mass is 359 g/mol. The molecule has 1 aromatic carbocycles. The van der Waals surface area contributed by atoms with E-state index in [2.05, 4.69) is 24.9 Å². The van der Waals surface area contributed by atoms with E-state index in [1.165, 1.54) is 0 Å². The molecule has 2 rings (SSSR count). The van der Waals surface area contributed by atoms with E-state index in [9.17, 15) is 4.79 Å². The number of carboxylic acid groups (broad SMARTS) is 1. The molecule has 0 saturated carbocycles. The van der Waals surface area contributed by atoms with Gasteiger partial charge in [-0.1, -0.05) is 32.9 Å². The summed E-state index contributed by atoms with van der Waals surface area (Å²) in [5.41, 5.74) is 3.20. The van der Waals surface area contributed by atoms with E-state index >= 15 is 0 Å². The van der Waals surface area contributed by atoms with Gasteiger partial charge in [0.1, 0.15) is 17.4 Å². The maximum Gasteiger partial charge on any atom is 0.306 e. The summed E-state index contributed by atoms with van der Waals surface area (Å²) in [6, 6.07) is 9.74. The van der Waals surface area contributed by atoms with Crippen LogP contribution in [0.15, 0.2) is 41.6 Å². The van der Waals surface area contributed by atoms with Gasteiger partial charge in [-0.2, -0.15) is 0 Å². The lowest BCUT2D eigenvalue weighted by atomic mass is 10.0. The second-order valence-corrected chi connectivity index (χ2v) is 8.08. The van der Waals surface area contributed by atoms with E-state index < -0.39 is 5.97 Å². The van der Waals surface area contributed by atoms with Crippen LogP contribution >= 0.6 is 11.8 Å². The molecule has 25 heavy (non-hydrogen) atoms. The van der Waals surface area contributed by atoms with Crippen LogP contribution in [0.4, 0.5) is 0 Å². The van der Waals surface area contributed by atoms with Crippen molar-refractivity contribution in [3.05, 3.63) is 53.2 Å². The van der Waals surface area contributed by atoms with E-state index in [-0.39, 0.29) is 5.92 Å². The van der Waals surface area contributed by atoms with Gasteiger partial charge in [-0.15, -0.1) is 11.8 Å². The Morgan fingerprint density at radius 3 is 2.52 bits per heavy atom. The summed E-state index contributed by atoms with van der Waals surface area (Å²) in [5, 5.41) is 10.5. The van der Waals surface area contributed by atoms with E-state index in [0.29, 0.717) is 18.3 Å². The molecule has 5 heteroatoms. The van der Waals surface area contributed by atoms with Gasteiger partial charge < -0.3 is 9.84 Å². The van der Waals surface area contributed by atoms with Gasteiger partial charge in [-0.25, -0.2) is 4.98 Å². The fourth-order valence-electron chi connectivity index (χ4n) is 2.37. The van der Waals surface area contributed by atoms with Gasteiger partial charge in [0, 0.05) is 17.0 Å². The molecule has 0 aliphatic rings. The number of aliphatic carboxylic acids is 1. The fourth-order valence-corrected chi connectivity index (χ4v) is 3.20. The fraction of sp³-hybridized carbons (Fsp3) is 0.400. The number of thioether (sulfide) groups is 1. The van der Waals surface area contributed by atoms with E-state index in [1.54, 1.807) is 18.7 Å². The lowest BCUT2D eigenvalue weighted by Gasteiger charge is -2.13. The van der Waals surface area contributed by atoms with E-state index in [4.69, 9.17) is 9.84 Å². The molecular weight excluding hydrogens is 334 g/mol. The second-order valence-electron chi connectivity index (χ2n) is 6.52. The summed E-state index contributed by atoms with van der Waals surface area (Å²) in [7, 11) is 0. The summed E-state index contributed by atoms with van der Waals surface area (Å²) < 4.78 is 5.91. The Labute approximate surface area is 153 Å². The molecular formula is C20H25NO3S. The van der Waals surface area contributed by atoms with Gasteiger partial charge in [-0.05, 0) is 42.7 Å². The van der Waals surface area contributed by atoms with Crippen molar-refractivity contribution < 1.29 is 14.6 Å². The highest BCUT2D eigenvalue weighted by molar-refractivity contribution is 7.99. The van der Waals surface area contributed by atoms with Crippen molar-refractivity contribution in [3.63, 3.8) is 0 Å². The zero-order valence-electron chi connectivity index (χ0n) is 15.2. The molecule has 1 unspecified atom stereocenters. The number of carbonyl (C=O) groups is 1. The molecule has 134 valence electrons. The lowest BCUT2D eigenvalue weighted by Crippen LogP contribution is -2.12. The molecule has 0 radical (unpaired) electrons. The summed E-state index contributed by atoms with van der Waals surface area (Å²) in [5.74, 6) is -0.392. The van der Waals surface area contributed by atoms with Crippen LogP contribution in [0.5, 0.6) is 5.75 Å². The predicted octanol–water partition coefficient (Wildman–Crippen LogP) is 4.73. The van der Waals surface area contributed by atoms with Gasteiger partial charge in [0.05, 0.1) is 5.92 Å². The molecule has 0 spiro atoms. The molecule has 0 aliphatic carbocycles. The summed E-state index contributed by atoms with van der Waals surface area (Å²) in [6.07, 6.45) is 2.40. The molecule has 4 nitrogen and oxygen atoms in total. The maximum absolute atomic E-state index is 10.9. The first-order chi connectivity index (χ1) is 11.8. The number of rotatable bonds is 8. The van der Waals surface area contributed by atoms with Crippen LogP contribution in [-0.4, -0.2) is 21.3 Å². The van der Waals surface area contributed by atoms with Crippen LogP contribution in [0.3, 0.4) is 0 Å². The van der Waals surface area contributed by atoms with Gasteiger partial charge in [-0.3, -0.25) is 4.79 Å². The molecule has 0 aliphatic heterocycles. The van der Waals surface area contributed by atoms with Crippen LogP contribution in [0.25, 0.3) is 0 Å². The molecule has 1 aromatic heterocycles. The van der Waals surface area contributed by atoms with Crippen LogP contribution in [0.1, 0.15) is 37.5 Å². The van der Waals surface area contributed by atoms with Crippen molar-refractivity contribution in [1.82, 2.24) is 4.98 Å². The normalized spacial score (nSPS) is 12.2. The quantitative estimate of drug-likeness (QED) is 0.690. The van der Waals surface area contributed by atoms with Crippen molar-refractivity contribution in [1.29, 1.82) is 0 Å². The Morgan fingerprint density at radius 1 is 1.24 bits per heavy atom. The van der Waals surface area contributed by atoms with Crippen molar-refractivity contribution in [3.8, 4) is 5.75 Å². The van der Waals surface area contributed by atoms with Gasteiger partial charge in [0.2, 0.25) is 0 Å². The third-order valence-corrected chi connectivity index (χ3v) is 4.75. The number of aromatic nitrogens is 1. The first-order valence-corrected chi connectivity index (χ1v) is 9.30. The maximum atomic E-state index is 10.9.